The zero-order chi connectivity index (χ0) is 19.7. The number of carbonyl (C=O) groups is 1. The molecule has 144 valence electrons. The smallest absolute Gasteiger partial charge is 0.324 e. The van der Waals surface area contributed by atoms with E-state index in [9.17, 15) is 13.2 Å². The van der Waals surface area contributed by atoms with Crippen molar-refractivity contribution in [2.45, 2.75) is 30.8 Å². The highest BCUT2D eigenvalue weighted by atomic mass is 32.2. The van der Waals surface area contributed by atoms with Crippen molar-refractivity contribution >= 4 is 26.8 Å². The lowest BCUT2D eigenvalue weighted by molar-refractivity contribution is -0.148. The number of nitrogens with zero attached hydrogens (tertiary/aromatic N) is 1. The summed E-state index contributed by atoms with van der Waals surface area (Å²) < 4.78 is 33.8. The summed E-state index contributed by atoms with van der Waals surface area (Å²) in [5.74, 6) is -0.513. The molecule has 1 aliphatic heterocycles. The second kappa shape index (κ2) is 7.37. The Morgan fingerprint density at radius 2 is 1.68 bits per heavy atom. The highest BCUT2D eigenvalue weighted by Gasteiger charge is 2.40. The van der Waals surface area contributed by atoms with Crippen LogP contribution in [-0.4, -0.2) is 31.3 Å². The summed E-state index contributed by atoms with van der Waals surface area (Å²) in [6.45, 7) is 2.07. The van der Waals surface area contributed by atoms with Crippen molar-refractivity contribution < 1.29 is 17.9 Å². The highest BCUT2D eigenvalue weighted by molar-refractivity contribution is 7.89. The predicted molar refractivity (Wildman–Crippen MR) is 107 cm³/mol. The number of hydrogen-bond acceptors (Lipinski definition) is 4. The van der Waals surface area contributed by atoms with E-state index >= 15 is 0 Å². The van der Waals surface area contributed by atoms with Gasteiger partial charge in [-0.2, -0.15) is 4.31 Å². The molecule has 0 bridgehead atoms. The Morgan fingerprint density at radius 3 is 2.46 bits per heavy atom. The van der Waals surface area contributed by atoms with Crippen LogP contribution in [0.4, 0.5) is 0 Å². The van der Waals surface area contributed by atoms with Crippen LogP contribution in [0.15, 0.2) is 71.6 Å². The summed E-state index contributed by atoms with van der Waals surface area (Å²) in [6.07, 6.45) is 0.305. The molecule has 0 radical (unpaired) electrons. The number of ether oxygens (including phenoxy) is 1. The summed E-state index contributed by atoms with van der Waals surface area (Å²) in [4.78, 5) is 12.8. The van der Waals surface area contributed by atoms with E-state index in [0.29, 0.717) is 11.8 Å². The predicted octanol–water partition coefficient (Wildman–Crippen LogP) is 3.52. The fourth-order valence-corrected chi connectivity index (χ4v) is 5.51. The average molecular weight is 395 g/mol. The van der Waals surface area contributed by atoms with Gasteiger partial charge in [0, 0.05) is 18.4 Å². The molecule has 1 heterocycles. The molecule has 0 saturated heterocycles. The van der Waals surface area contributed by atoms with Gasteiger partial charge in [0.2, 0.25) is 10.0 Å². The quantitative estimate of drug-likeness (QED) is 0.634. The van der Waals surface area contributed by atoms with E-state index < -0.39 is 22.0 Å². The molecule has 0 aliphatic carbocycles. The summed E-state index contributed by atoms with van der Waals surface area (Å²) in [6, 6.07) is 19.3. The standard InChI is InChI=1S/C22H21NO4S/c1-2-27-22(24)20-14-17-9-3-4-10-18(17)15-23(20)28(25,26)21-13-7-11-16-8-5-6-12-19(16)21/h3-13,20H,2,14-15H2,1H3. The molecule has 3 aromatic carbocycles. The van der Waals surface area contributed by atoms with Gasteiger partial charge in [0.25, 0.3) is 0 Å². The van der Waals surface area contributed by atoms with E-state index in [2.05, 4.69) is 0 Å². The zero-order valence-corrected chi connectivity index (χ0v) is 16.4. The molecule has 0 saturated carbocycles. The van der Waals surface area contributed by atoms with Crippen LogP contribution in [0.3, 0.4) is 0 Å². The number of carbonyl (C=O) groups excluding carboxylic acids is 1. The van der Waals surface area contributed by atoms with Gasteiger partial charge < -0.3 is 4.74 Å². The molecule has 3 aromatic rings. The lowest BCUT2D eigenvalue weighted by Gasteiger charge is -2.34. The Hall–Kier alpha value is -2.70. The van der Waals surface area contributed by atoms with Gasteiger partial charge >= 0.3 is 5.97 Å². The van der Waals surface area contributed by atoms with Crippen LogP contribution in [0.25, 0.3) is 10.8 Å². The van der Waals surface area contributed by atoms with Crippen molar-refractivity contribution in [1.29, 1.82) is 0 Å². The molecule has 5 nitrogen and oxygen atoms in total. The Labute approximate surface area is 164 Å². The van der Waals surface area contributed by atoms with E-state index in [4.69, 9.17) is 4.74 Å². The van der Waals surface area contributed by atoms with E-state index in [-0.39, 0.29) is 18.0 Å². The first-order chi connectivity index (χ1) is 13.5. The van der Waals surface area contributed by atoms with E-state index in [0.717, 1.165) is 16.5 Å². The molecule has 1 atom stereocenters. The van der Waals surface area contributed by atoms with E-state index in [1.165, 1.54) is 4.31 Å². The molecular formula is C22H21NO4S. The van der Waals surface area contributed by atoms with E-state index in [1.807, 2.05) is 48.5 Å². The maximum Gasteiger partial charge on any atom is 0.324 e. The molecule has 0 amide bonds. The van der Waals surface area contributed by atoms with Gasteiger partial charge in [-0.25, -0.2) is 8.42 Å². The number of fused-ring (bicyclic) bond motifs is 2. The van der Waals surface area contributed by atoms with Crippen LogP contribution in [0, 0.1) is 0 Å². The average Bonchev–Trinajstić information content (AvgIpc) is 2.72. The second-order valence-corrected chi connectivity index (χ2v) is 8.63. The van der Waals surface area contributed by atoms with Crippen LogP contribution in [0.5, 0.6) is 0 Å². The Kier molecular flexibility index (Phi) is 4.91. The Balaban J connectivity index is 1.85. The summed E-state index contributed by atoms with van der Waals surface area (Å²) >= 11 is 0. The van der Waals surface area contributed by atoms with Crippen molar-refractivity contribution in [2.24, 2.45) is 0 Å². The number of benzene rings is 3. The van der Waals surface area contributed by atoms with Crippen LogP contribution in [0.2, 0.25) is 0 Å². The third-order valence-corrected chi connectivity index (χ3v) is 7.01. The van der Waals surface area contributed by atoms with Gasteiger partial charge in [-0.15, -0.1) is 0 Å². The first kappa shape index (κ1) is 18.7. The van der Waals surface area contributed by atoms with Gasteiger partial charge in [0.1, 0.15) is 6.04 Å². The molecule has 28 heavy (non-hydrogen) atoms. The van der Waals surface area contributed by atoms with Crippen molar-refractivity contribution in [3.8, 4) is 0 Å². The van der Waals surface area contributed by atoms with Crippen LogP contribution in [0.1, 0.15) is 18.1 Å². The molecule has 0 fully saturated rings. The van der Waals surface area contributed by atoms with Crippen molar-refractivity contribution in [3.05, 3.63) is 77.9 Å². The molecule has 6 heteroatoms. The second-order valence-electron chi connectivity index (χ2n) is 6.77. The number of esters is 1. The summed E-state index contributed by atoms with van der Waals surface area (Å²) in [5, 5.41) is 1.49. The maximum absolute atomic E-state index is 13.6. The molecule has 1 unspecified atom stereocenters. The lowest BCUT2D eigenvalue weighted by atomic mass is 9.96. The molecule has 4 rings (SSSR count). The molecular weight excluding hydrogens is 374 g/mol. The third-order valence-electron chi connectivity index (χ3n) is 5.10. The maximum atomic E-state index is 13.6. The first-order valence-electron chi connectivity index (χ1n) is 9.25. The van der Waals surface area contributed by atoms with Gasteiger partial charge in [0.05, 0.1) is 11.5 Å². The van der Waals surface area contributed by atoms with Crippen molar-refractivity contribution in [3.63, 3.8) is 0 Å². The SMILES string of the molecule is CCOC(=O)C1Cc2ccccc2CN1S(=O)(=O)c1cccc2ccccc12. The lowest BCUT2D eigenvalue weighted by Crippen LogP contribution is -2.49. The van der Waals surface area contributed by atoms with Gasteiger partial charge in [-0.05, 0) is 29.5 Å². The van der Waals surface area contributed by atoms with Crippen molar-refractivity contribution in [2.75, 3.05) is 6.61 Å². The third kappa shape index (κ3) is 3.19. The number of rotatable bonds is 4. The fourth-order valence-electron chi connectivity index (χ4n) is 3.74. The first-order valence-corrected chi connectivity index (χ1v) is 10.7. The molecule has 0 N–H and O–H groups in total. The normalized spacial score (nSPS) is 17.2. The van der Waals surface area contributed by atoms with Crippen molar-refractivity contribution in [1.82, 2.24) is 4.31 Å². The molecule has 1 aliphatic rings. The monoisotopic (exact) mass is 395 g/mol. The molecule has 0 aromatic heterocycles. The van der Waals surface area contributed by atoms with E-state index in [1.54, 1.807) is 25.1 Å². The largest absolute Gasteiger partial charge is 0.465 e. The van der Waals surface area contributed by atoms with Gasteiger partial charge in [-0.3, -0.25) is 4.79 Å². The zero-order valence-electron chi connectivity index (χ0n) is 15.5. The minimum atomic E-state index is -3.91. The Bertz CT molecular complexity index is 1130. The number of hydrogen-bond donors (Lipinski definition) is 0. The topological polar surface area (TPSA) is 63.7 Å². The van der Waals surface area contributed by atoms with Crippen LogP contribution in [-0.2, 0) is 32.5 Å². The minimum Gasteiger partial charge on any atom is -0.465 e. The molecule has 0 spiro atoms. The van der Waals surface area contributed by atoms with Crippen LogP contribution < -0.4 is 0 Å². The van der Waals surface area contributed by atoms with Gasteiger partial charge in [-0.1, -0.05) is 60.7 Å². The summed E-state index contributed by atoms with van der Waals surface area (Å²) in [5.41, 5.74) is 1.89. The summed E-state index contributed by atoms with van der Waals surface area (Å²) in [7, 11) is -3.91. The van der Waals surface area contributed by atoms with Crippen LogP contribution >= 0.6 is 0 Å². The fraction of sp³-hybridized carbons (Fsp3) is 0.227. The Morgan fingerprint density at radius 1 is 1.00 bits per heavy atom. The minimum absolute atomic E-state index is 0.144. The number of sulfonamides is 1. The van der Waals surface area contributed by atoms with Gasteiger partial charge in [0.15, 0.2) is 0 Å². The highest BCUT2D eigenvalue weighted by Crippen LogP contribution is 2.32.